The Kier molecular flexibility index (Phi) is 4.40. The van der Waals surface area contributed by atoms with Gasteiger partial charge in [0, 0.05) is 12.3 Å². The molecule has 21 heavy (non-hydrogen) atoms. The Bertz CT molecular complexity index is 446. The van der Waals surface area contributed by atoms with Crippen LogP contribution in [0.5, 0.6) is 0 Å². The summed E-state index contributed by atoms with van der Waals surface area (Å²) in [5.41, 5.74) is -0.795. The summed E-state index contributed by atoms with van der Waals surface area (Å²) in [6, 6.07) is 0. The van der Waals surface area contributed by atoms with Crippen LogP contribution in [-0.2, 0) is 19.1 Å². The molecule has 2 rings (SSSR count). The molecule has 0 aromatic carbocycles. The molecule has 0 radical (unpaired) electrons. The zero-order valence-electron chi connectivity index (χ0n) is 12.9. The van der Waals surface area contributed by atoms with Crippen molar-refractivity contribution in [3.05, 3.63) is 0 Å². The number of esters is 1. The molecule has 1 heterocycles. The Morgan fingerprint density at radius 3 is 2.67 bits per heavy atom. The van der Waals surface area contributed by atoms with Crippen LogP contribution in [0.15, 0.2) is 0 Å². The fraction of sp³-hybridized carbons (Fsp3) is 0.812. The van der Waals surface area contributed by atoms with Gasteiger partial charge in [0.2, 0.25) is 0 Å². The fourth-order valence-corrected chi connectivity index (χ4v) is 4.26. The quantitative estimate of drug-likeness (QED) is 0.636. The van der Waals surface area contributed by atoms with Crippen LogP contribution >= 0.6 is 0 Å². The number of hydrogen-bond donors (Lipinski definition) is 1. The number of carbonyl (C=O) groups is 3. The lowest BCUT2D eigenvalue weighted by molar-refractivity contribution is -0.153. The van der Waals surface area contributed by atoms with Crippen LogP contribution in [0.4, 0.5) is 0 Å². The van der Waals surface area contributed by atoms with Gasteiger partial charge in [-0.1, -0.05) is 13.8 Å². The molecule has 2 fully saturated rings. The van der Waals surface area contributed by atoms with Crippen molar-refractivity contribution in [3.63, 3.8) is 0 Å². The predicted molar refractivity (Wildman–Crippen MR) is 75.5 cm³/mol. The monoisotopic (exact) mass is 296 g/mol. The standard InChI is InChI=1S/C16H24O5/c1-9-4-5-11-10(2)15(20)21-14(11)16(3,8-17)12(9)6-7-13(18)19/h8-12,14H,4-7H2,1-3H3,(H,18,19). The first kappa shape index (κ1) is 16.0. The number of aldehydes is 1. The van der Waals surface area contributed by atoms with Crippen LogP contribution in [0.2, 0.25) is 0 Å². The molecule has 6 atom stereocenters. The van der Waals surface area contributed by atoms with E-state index in [0.717, 1.165) is 19.1 Å². The van der Waals surface area contributed by atoms with Gasteiger partial charge < -0.3 is 14.6 Å². The molecule has 5 heteroatoms. The third-order valence-electron chi connectivity index (χ3n) is 5.62. The van der Waals surface area contributed by atoms with E-state index in [1.165, 1.54) is 0 Å². The number of hydrogen-bond acceptors (Lipinski definition) is 4. The highest BCUT2D eigenvalue weighted by atomic mass is 16.6. The van der Waals surface area contributed by atoms with Crippen molar-refractivity contribution in [1.82, 2.24) is 0 Å². The fourth-order valence-electron chi connectivity index (χ4n) is 4.26. The summed E-state index contributed by atoms with van der Waals surface area (Å²) in [4.78, 5) is 34.6. The predicted octanol–water partition coefficient (Wildman–Crippen LogP) is 2.28. The van der Waals surface area contributed by atoms with Gasteiger partial charge in [-0.15, -0.1) is 0 Å². The lowest BCUT2D eigenvalue weighted by Gasteiger charge is -2.39. The van der Waals surface area contributed by atoms with Crippen LogP contribution in [-0.4, -0.2) is 29.4 Å². The van der Waals surface area contributed by atoms with Crippen LogP contribution < -0.4 is 0 Å². The minimum atomic E-state index is -0.854. The Balaban J connectivity index is 2.33. The summed E-state index contributed by atoms with van der Waals surface area (Å²) in [5.74, 6) is -1.03. The number of carboxylic acids is 1. The molecule has 1 N–H and O–H groups in total. The summed E-state index contributed by atoms with van der Waals surface area (Å²) >= 11 is 0. The maximum atomic E-state index is 11.9. The van der Waals surface area contributed by atoms with Gasteiger partial charge in [-0.2, -0.15) is 0 Å². The molecular formula is C16H24O5. The van der Waals surface area contributed by atoms with E-state index in [0.29, 0.717) is 6.42 Å². The number of carbonyl (C=O) groups excluding carboxylic acids is 2. The first-order chi connectivity index (χ1) is 9.81. The smallest absolute Gasteiger partial charge is 0.309 e. The maximum Gasteiger partial charge on any atom is 0.309 e. The highest BCUT2D eigenvalue weighted by Gasteiger charge is 2.56. The lowest BCUT2D eigenvalue weighted by Crippen LogP contribution is -2.44. The first-order valence-corrected chi connectivity index (χ1v) is 7.70. The van der Waals surface area contributed by atoms with Crippen molar-refractivity contribution in [2.75, 3.05) is 0 Å². The molecule has 0 spiro atoms. The zero-order chi connectivity index (χ0) is 15.8. The lowest BCUT2D eigenvalue weighted by atomic mass is 9.66. The average molecular weight is 296 g/mol. The molecule has 0 bridgehead atoms. The van der Waals surface area contributed by atoms with Crippen molar-refractivity contribution in [3.8, 4) is 0 Å². The van der Waals surface area contributed by atoms with Gasteiger partial charge >= 0.3 is 11.9 Å². The third kappa shape index (κ3) is 2.70. The Hall–Kier alpha value is -1.39. The summed E-state index contributed by atoms with van der Waals surface area (Å²) < 4.78 is 5.53. The molecule has 1 saturated heterocycles. The van der Waals surface area contributed by atoms with Gasteiger partial charge in [0.1, 0.15) is 12.4 Å². The topological polar surface area (TPSA) is 80.7 Å². The number of carboxylic acid groups (broad SMARTS) is 1. The molecule has 6 unspecified atom stereocenters. The average Bonchev–Trinajstić information content (AvgIpc) is 2.66. The molecule has 1 saturated carbocycles. The maximum absolute atomic E-state index is 11.9. The van der Waals surface area contributed by atoms with Crippen LogP contribution in [0.1, 0.15) is 46.5 Å². The second kappa shape index (κ2) is 5.78. The van der Waals surface area contributed by atoms with Gasteiger partial charge in [-0.05, 0) is 38.0 Å². The molecule has 1 aliphatic carbocycles. The van der Waals surface area contributed by atoms with Crippen molar-refractivity contribution in [1.29, 1.82) is 0 Å². The van der Waals surface area contributed by atoms with Gasteiger partial charge in [-0.25, -0.2) is 0 Å². The normalized spacial score (nSPS) is 42.8. The summed E-state index contributed by atoms with van der Waals surface area (Å²) in [6.45, 7) is 5.76. The molecule has 0 aromatic rings. The molecule has 1 aliphatic heterocycles. The van der Waals surface area contributed by atoms with E-state index in [2.05, 4.69) is 6.92 Å². The molecule has 0 amide bonds. The highest BCUT2D eigenvalue weighted by molar-refractivity contribution is 5.76. The van der Waals surface area contributed by atoms with Crippen LogP contribution in [0.25, 0.3) is 0 Å². The zero-order valence-corrected chi connectivity index (χ0v) is 12.9. The van der Waals surface area contributed by atoms with Crippen molar-refractivity contribution < 1.29 is 24.2 Å². The second-order valence-electron chi connectivity index (χ2n) is 6.89. The van der Waals surface area contributed by atoms with Crippen molar-refractivity contribution in [2.24, 2.45) is 29.1 Å². The van der Waals surface area contributed by atoms with Crippen molar-refractivity contribution >= 4 is 18.2 Å². The van der Waals surface area contributed by atoms with Gasteiger partial charge in [0.25, 0.3) is 0 Å². The Labute approximate surface area is 125 Å². The van der Waals surface area contributed by atoms with Crippen LogP contribution in [0.3, 0.4) is 0 Å². The van der Waals surface area contributed by atoms with Gasteiger partial charge in [0.05, 0.1) is 11.3 Å². The molecule has 0 aromatic heterocycles. The van der Waals surface area contributed by atoms with Gasteiger partial charge in [-0.3, -0.25) is 9.59 Å². The highest BCUT2D eigenvalue weighted by Crippen LogP contribution is 2.51. The summed E-state index contributed by atoms with van der Waals surface area (Å²) in [5, 5.41) is 8.94. The van der Waals surface area contributed by atoms with Gasteiger partial charge in [0.15, 0.2) is 0 Å². The summed E-state index contributed by atoms with van der Waals surface area (Å²) in [7, 11) is 0. The van der Waals surface area contributed by atoms with E-state index < -0.39 is 17.5 Å². The minimum Gasteiger partial charge on any atom is -0.481 e. The minimum absolute atomic E-state index is 0.0410. The molecular weight excluding hydrogens is 272 g/mol. The number of aliphatic carboxylic acids is 1. The molecule has 5 nitrogen and oxygen atoms in total. The van der Waals surface area contributed by atoms with Crippen molar-refractivity contribution in [2.45, 2.75) is 52.6 Å². The first-order valence-electron chi connectivity index (χ1n) is 7.70. The van der Waals surface area contributed by atoms with Crippen LogP contribution in [0, 0.1) is 29.1 Å². The summed E-state index contributed by atoms with van der Waals surface area (Å²) in [6.07, 6.45) is 2.72. The third-order valence-corrected chi connectivity index (χ3v) is 5.62. The second-order valence-corrected chi connectivity index (χ2v) is 6.89. The van der Waals surface area contributed by atoms with E-state index in [4.69, 9.17) is 9.84 Å². The number of ether oxygens (including phenoxy) is 1. The SMILES string of the molecule is CC1CCC2C(C)C(=O)OC2C(C)(C=O)C1CCC(=O)O. The van der Waals surface area contributed by atoms with E-state index >= 15 is 0 Å². The van der Waals surface area contributed by atoms with E-state index in [-0.39, 0.29) is 36.1 Å². The van der Waals surface area contributed by atoms with E-state index in [9.17, 15) is 14.4 Å². The molecule has 2 aliphatic rings. The Morgan fingerprint density at radius 1 is 1.43 bits per heavy atom. The molecule has 118 valence electrons. The van der Waals surface area contributed by atoms with E-state index in [1.807, 2.05) is 13.8 Å². The Morgan fingerprint density at radius 2 is 2.10 bits per heavy atom. The number of fused-ring (bicyclic) bond motifs is 1. The number of rotatable bonds is 4. The largest absolute Gasteiger partial charge is 0.481 e. The van der Waals surface area contributed by atoms with E-state index in [1.54, 1.807) is 0 Å².